The summed E-state index contributed by atoms with van der Waals surface area (Å²) in [5.41, 5.74) is 1.68. The van der Waals surface area contributed by atoms with E-state index in [2.05, 4.69) is 26.6 Å². The first-order chi connectivity index (χ1) is 9.47. The van der Waals surface area contributed by atoms with Crippen LogP contribution in [-0.2, 0) is 9.59 Å². The number of carboxylic acid groups (broad SMARTS) is 1. The third-order valence-corrected chi connectivity index (χ3v) is 3.80. The van der Waals surface area contributed by atoms with Crippen molar-refractivity contribution in [2.45, 2.75) is 25.8 Å². The molecule has 0 radical (unpaired) electrons. The van der Waals surface area contributed by atoms with Gasteiger partial charge in [-0.1, -0.05) is 15.9 Å². The molecule has 1 fully saturated rings. The number of carbonyl (C=O) groups excluding carboxylic acids is 1. The first-order valence-electron chi connectivity index (χ1n) is 6.49. The Kier molecular flexibility index (Phi) is 4.77. The van der Waals surface area contributed by atoms with Crippen LogP contribution in [0.5, 0.6) is 0 Å². The van der Waals surface area contributed by atoms with E-state index >= 15 is 0 Å². The molecule has 20 heavy (non-hydrogen) atoms. The van der Waals surface area contributed by atoms with Crippen LogP contribution in [0.15, 0.2) is 22.7 Å². The molecule has 0 spiro atoms. The molecule has 1 unspecified atom stereocenters. The largest absolute Gasteiger partial charge is 0.480 e. The molecule has 0 bridgehead atoms. The van der Waals surface area contributed by atoms with E-state index in [-0.39, 0.29) is 18.4 Å². The predicted molar refractivity (Wildman–Crippen MR) is 79.7 cm³/mol. The number of aliphatic carboxylic acids is 1. The van der Waals surface area contributed by atoms with E-state index in [1.54, 1.807) is 0 Å². The maximum absolute atomic E-state index is 11.8. The maximum Gasteiger partial charge on any atom is 0.320 e. The Hall–Kier alpha value is -1.40. The first-order valence-corrected chi connectivity index (χ1v) is 7.29. The molecule has 108 valence electrons. The lowest BCUT2D eigenvalue weighted by molar-refractivity contribution is -0.140. The second-order valence-corrected chi connectivity index (χ2v) is 5.96. The number of hydrogen-bond acceptors (Lipinski definition) is 3. The Labute approximate surface area is 125 Å². The molecule has 0 heterocycles. The van der Waals surface area contributed by atoms with Gasteiger partial charge in [0.2, 0.25) is 5.91 Å². The van der Waals surface area contributed by atoms with Crippen molar-refractivity contribution >= 4 is 33.5 Å². The Morgan fingerprint density at radius 2 is 2.15 bits per heavy atom. The second kappa shape index (κ2) is 6.37. The van der Waals surface area contributed by atoms with E-state index in [9.17, 15) is 9.59 Å². The Balaban J connectivity index is 1.87. The van der Waals surface area contributed by atoms with Crippen molar-refractivity contribution < 1.29 is 14.7 Å². The van der Waals surface area contributed by atoms with Crippen molar-refractivity contribution in [3.8, 4) is 0 Å². The number of nitrogens with one attached hydrogen (secondary N) is 2. The molecule has 6 heteroatoms. The average Bonchev–Trinajstić information content (AvgIpc) is 3.17. The van der Waals surface area contributed by atoms with Gasteiger partial charge in [-0.05, 0) is 49.4 Å². The molecule has 0 aromatic heterocycles. The Morgan fingerprint density at radius 1 is 1.45 bits per heavy atom. The smallest absolute Gasteiger partial charge is 0.320 e. The molecule has 1 atom stereocenters. The van der Waals surface area contributed by atoms with Gasteiger partial charge in [0.25, 0.3) is 0 Å². The van der Waals surface area contributed by atoms with Crippen LogP contribution in [0.3, 0.4) is 0 Å². The van der Waals surface area contributed by atoms with Crippen LogP contribution >= 0.6 is 15.9 Å². The van der Waals surface area contributed by atoms with Gasteiger partial charge in [-0.15, -0.1) is 0 Å². The van der Waals surface area contributed by atoms with E-state index < -0.39 is 12.0 Å². The van der Waals surface area contributed by atoms with Crippen LogP contribution in [0, 0.1) is 12.8 Å². The topological polar surface area (TPSA) is 78.4 Å². The van der Waals surface area contributed by atoms with Gasteiger partial charge >= 0.3 is 5.97 Å². The molecular formula is C14H17BrN2O3. The number of amides is 1. The summed E-state index contributed by atoms with van der Waals surface area (Å²) in [6, 6.07) is 4.95. The summed E-state index contributed by atoms with van der Waals surface area (Å²) in [6.45, 7) is 1.90. The summed E-state index contributed by atoms with van der Waals surface area (Å²) in [5.74, 6) is -0.961. The highest BCUT2D eigenvalue weighted by molar-refractivity contribution is 9.10. The Bertz CT molecular complexity index is 529. The molecular weight excluding hydrogens is 324 g/mol. The summed E-state index contributed by atoms with van der Waals surface area (Å²) in [6.07, 6.45) is 1.83. The quantitative estimate of drug-likeness (QED) is 0.741. The number of benzene rings is 1. The van der Waals surface area contributed by atoms with Crippen molar-refractivity contribution in [2.75, 3.05) is 11.9 Å². The number of halogens is 1. The molecule has 0 aliphatic heterocycles. The lowest BCUT2D eigenvalue weighted by Gasteiger charge is -2.14. The molecule has 3 N–H and O–H groups in total. The fourth-order valence-corrected chi connectivity index (χ4v) is 2.53. The van der Waals surface area contributed by atoms with Gasteiger partial charge in [-0.25, -0.2) is 0 Å². The average molecular weight is 341 g/mol. The summed E-state index contributed by atoms with van der Waals surface area (Å²) in [4.78, 5) is 22.9. The third kappa shape index (κ3) is 4.05. The van der Waals surface area contributed by atoms with Gasteiger partial charge in [0, 0.05) is 10.2 Å². The lowest BCUT2D eigenvalue weighted by Crippen LogP contribution is -2.42. The fourth-order valence-electron chi connectivity index (χ4n) is 2.05. The fraction of sp³-hybridized carbons (Fsp3) is 0.429. The van der Waals surface area contributed by atoms with Gasteiger partial charge in [0.15, 0.2) is 0 Å². The summed E-state index contributed by atoms with van der Waals surface area (Å²) in [5, 5.41) is 14.6. The summed E-state index contributed by atoms with van der Waals surface area (Å²) < 4.78 is 0.950. The first kappa shape index (κ1) is 15.0. The van der Waals surface area contributed by atoms with Gasteiger partial charge in [-0.3, -0.25) is 14.9 Å². The Morgan fingerprint density at radius 3 is 2.70 bits per heavy atom. The van der Waals surface area contributed by atoms with E-state index in [1.165, 1.54) is 0 Å². The zero-order valence-corrected chi connectivity index (χ0v) is 12.7. The minimum Gasteiger partial charge on any atom is -0.480 e. The minimum absolute atomic E-state index is 0.00295. The van der Waals surface area contributed by atoms with Crippen LogP contribution in [0.1, 0.15) is 18.4 Å². The zero-order chi connectivity index (χ0) is 14.7. The van der Waals surface area contributed by atoms with Crippen molar-refractivity contribution in [3.63, 3.8) is 0 Å². The minimum atomic E-state index is -0.889. The second-order valence-electron chi connectivity index (χ2n) is 5.04. The maximum atomic E-state index is 11.8. The van der Waals surface area contributed by atoms with Gasteiger partial charge < -0.3 is 10.4 Å². The molecule has 5 nitrogen and oxygen atoms in total. The SMILES string of the molecule is Cc1cc(Br)ccc1NC(=O)CNC(C(=O)O)C1CC1. The van der Waals surface area contributed by atoms with Gasteiger partial charge in [0.1, 0.15) is 6.04 Å². The number of anilines is 1. The van der Waals surface area contributed by atoms with E-state index in [0.717, 1.165) is 28.6 Å². The number of aryl methyl sites for hydroxylation is 1. The highest BCUT2D eigenvalue weighted by Crippen LogP contribution is 2.32. The van der Waals surface area contributed by atoms with Gasteiger partial charge in [0.05, 0.1) is 6.54 Å². The molecule has 1 aliphatic carbocycles. The predicted octanol–water partition coefficient (Wildman–Crippen LogP) is 2.15. The van der Waals surface area contributed by atoms with Crippen LogP contribution in [-0.4, -0.2) is 29.6 Å². The van der Waals surface area contributed by atoms with Gasteiger partial charge in [-0.2, -0.15) is 0 Å². The number of hydrogen-bond donors (Lipinski definition) is 3. The number of carbonyl (C=O) groups is 2. The van der Waals surface area contributed by atoms with Crippen LogP contribution in [0.25, 0.3) is 0 Å². The molecule has 2 rings (SSSR count). The van der Waals surface area contributed by atoms with Crippen LogP contribution < -0.4 is 10.6 Å². The molecule has 0 saturated heterocycles. The molecule has 1 aromatic rings. The lowest BCUT2D eigenvalue weighted by atomic mass is 10.2. The van der Waals surface area contributed by atoms with Crippen molar-refractivity contribution in [3.05, 3.63) is 28.2 Å². The van der Waals surface area contributed by atoms with Crippen molar-refractivity contribution in [2.24, 2.45) is 5.92 Å². The number of rotatable bonds is 6. The monoisotopic (exact) mass is 340 g/mol. The molecule has 1 aromatic carbocycles. The molecule has 1 aliphatic rings. The molecule has 1 saturated carbocycles. The summed E-state index contributed by atoms with van der Waals surface area (Å²) >= 11 is 3.36. The molecule has 1 amide bonds. The van der Waals surface area contributed by atoms with Crippen LogP contribution in [0.4, 0.5) is 5.69 Å². The van der Waals surface area contributed by atoms with E-state index in [1.807, 2.05) is 25.1 Å². The normalized spacial score (nSPS) is 15.7. The number of carboxylic acids is 1. The van der Waals surface area contributed by atoms with E-state index in [4.69, 9.17) is 5.11 Å². The van der Waals surface area contributed by atoms with Crippen molar-refractivity contribution in [1.29, 1.82) is 0 Å². The van der Waals surface area contributed by atoms with Crippen LogP contribution in [0.2, 0.25) is 0 Å². The van der Waals surface area contributed by atoms with E-state index in [0.29, 0.717) is 0 Å². The third-order valence-electron chi connectivity index (χ3n) is 3.30. The standard InChI is InChI=1S/C14H17BrN2O3/c1-8-6-10(15)4-5-11(8)17-12(18)7-16-13(14(19)20)9-2-3-9/h4-6,9,13,16H,2-3,7H2,1H3,(H,17,18)(H,19,20). The highest BCUT2D eigenvalue weighted by Gasteiger charge is 2.36. The zero-order valence-electron chi connectivity index (χ0n) is 11.1. The van der Waals surface area contributed by atoms with Crippen molar-refractivity contribution in [1.82, 2.24) is 5.32 Å². The summed E-state index contributed by atoms with van der Waals surface area (Å²) in [7, 11) is 0. The highest BCUT2D eigenvalue weighted by atomic mass is 79.9.